The van der Waals surface area contributed by atoms with Crippen LogP contribution in [0.15, 0.2) is 60.7 Å². The lowest BCUT2D eigenvalue weighted by Crippen LogP contribution is -2.48. The zero-order valence-electron chi connectivity index (χ0n) is 18.7. The van der Waals surface area contributed by atoms with Crippen molar-refractivity contribution in [2.24, 2.45) is 0 Å². The summed E-state index contributed by atoms with van der Waals surface area (Å²) in [5.74, 6) is -1.83. The summed E-state index contributed by atoms with van der Waals surface area (Å²) in [4.78, 5) is 47.0. The zero-order valence-corrected chi connectivity index (χ0v) is 18.7. The monoisotopic (exact) mass is 471 g/mol. The summed E-state index contributed by atoms with van der Waals surface area (Å²) in [6, 6.07) is 17.3. The van der Waals surface area contributed by atoms with Gasteiger partial charge in [0.2, 0.25) is 5.91 Å². The number of alkyl carbamates (subject to hydrolysis) is 2. The van der Waals surface area contributed by atoms with E-state index in [1.165, 1.54) is 0 Å². The van der Waals surface area contributed by atoms with E-state index >= 15 is 0 Å². The summed E-state index contributed by atoms with van der Waals surface area (Å²) >= 11 is 0. The SMILES string of the molecule is O=C(O)CNC(=O)[C@H](CCCCNC(=O)OCc1ccccc1)NC(=O)OCc1ccccc1. The third-order valence-electron chi connectivity index (χ3n) is 4.64. The lowest BCUT2D eigenvalue weighted by Gasteiger charge is -2.18. The van der Waals surface area contributed by atoms with E-state index in [4.69, 9.17) is 14.6 Å². The Morgan fingerprint density at radius 1 is 0.765 bits per heavy atom. The number of aliphatic carboxylic acids is 1. The molecule has 2 aromatic rings. The molecule has 1 atom stereocenters. The normalized spacial score (nSPS) is 11.1. The van der Waals surface area contributed by atoms with Crippen LogP contribution in [-0.4, -0.2) is 48.3 Å². The standard InChI is InChI=1S/C24H29N3O7/c28-21(29)15-26-22(30)20(27-24(32)34-17-19-11-5-2-6-12-19)13-7-8-14-25-23(31)33-16-18-9-3-1-4-10-18/h1-6,9-12,20H,7-8,13-17H2,(H,25,31)(H,26,30)(H,27,32)(H,28,29)/t20-/m0/s1. The molecular formula is C24H29N3O7. The third kappa shape index (κ3) is 11.0. The largest absolute Gasteiger partial charge is 0.480 e. The molecule has 0 radical (unpaired) electrons. The number of hydrogen-bond donors (Lipinski definition) is 4. The highest BCUT2D eigenvalue weighted by Gasteiger charge is 2.21. The van der Waals surface area contributed by atoms with Gasteiger partial charge in [0.1, 0.15) is 25.8 Å². The maximum Gasteiger partial charge on any atom is 0.408 e. The number of unbranched alkanes of at least 4 members (excludes halogenated alkanes) is 1. The Hall–Kier alpha value is -4.08. The highest BCUT2D eigenvalue weighted by Crippen LogP contribution is 2.05. The number of ether oxygens (including phenoxy) is 2. The molecule has 0 fully saturated rings. The van der Waals surface area contributed by atoms with Crippen LogP contribution in [0, 0.1) is 0 Å². The Bertz CT molecular complexity index is 923. The molecule has 10 nitrogen and oxygen atoms in total. The fraction of sp³-hybridized carbons (Fsp3) is 0.333. The highest BCUT2D eigenvalue weighted by atomic mass is 16.6. The van der Waals surface area contributed by atoms with Crippen molar-refractivity contribution >= 4 is 24.1 Å². The summed E-state index contributed by atoms with van der Waals surface area (Å²) in [5.41, 5.74) is 1.66. The number of carboxylic acid groups (broad SMARTS) is 1. The quantitative estimate of drug-likeness (QED) is 0.329. The molecule has 0 unspecified atom stereocenters. The van der Waals surface area contributed by atoms with Gasteiger partial charge in [-0.1, -0.05) is 60.7 Å². The van der Waals surface area contributed by atoms with E-state index in [1.54, 1.807) is 12.1 Å². The van der Waals surface area contributed by atoms with Crippen molar-refractivity contribution in [3.05, 3.63) is 71.8 Å². The van der Waals surface area contributed by atoms with Crippen LogP contribution < -0.4 is 16.0 Å². The second-order valence-corrected chi connectivity index (χ2v) is 7.35. The maximum atomic E-state index is 12.3. The van der Waals surface area contributed by atoms with Crippen molar-refractivity contribution in [1.29, 1.82) is 0 Å². The minimum Gasteiger partial charge on any atom is -0.480 e. The van der Waals surface area contributed by atoms with Crippen LogP contribution in [0.4, 0.5) is 9.59 Å². The molecule has 0 aliphatic carbocycles. The lowest BCUT2D eigenvalue weighted by molar-refractivity contribution is -0.138. The fourth-order valence-corrected chi connectivity index (χ4v) is 2.90. The number of benzene rings is 2. The molecule has 0 aromatic heterocycles. The fourth-order valence-electron chi connectivity index (χ4n) is 2.90. The van der Waals surface area contributed by atoms with Gasteiger partial charge >= 0.3 is 18.2 Å². The van der Waals surface area contributed by atoms with Crippen molar-refractivity contribution in [3.63, 3.8) is 0 Å². The van der Waals surface area contributed by atoms with Crippen molar-refractivity contribution in [3.8, 4) is 0 Å². The Morgan fingerprint density at radius 3 is 1.88 bits per heavy atom. The van der Waals surface area contributed by atoms with Crippen LogP contribution in [0.2, 0.25) is 0 Å². The van der Waals surface area contributed by atoms with Crippen LogP contribution in [0.25, 0.3) is 0 Å². The first-order chi connectivity index (χ1) is 16.4. The van der Waals surface area contributed by atoms with Gasteiger partial charge in [-0.05, 0) is 30.4 Å². The minimum atomic E-state index is -1.20. The van der Waals surface area contributed by atoms with E-state index in [1.807, 2.05) is 48.5 Å². The van der Waals surface area contributed by atoms with E-state index in [-0.39, 0.29) is 19.6 Å². The number of carboxylic acids is 1. The molecular weight excluding hydrogens is 442 g/mol. The Balaban J connectivity index is 1.72. The van der Waals surface area contributed by atoms with E-state index in [0.29, 0.717) is 19.4 Å². The minimum absolute atomic E-state index is 0.0329. The molecule has 10 heteroatoms. The molecule has 3 amide bonds. The maximum absolute atomic E-state index is 12.3. The number of carbonyl (C=O) groups is 4. The van der Waals surface area contributed by atoms with Crippen LogP contribution in [0.1, 0.15) is 30.4 Å². The van der Waals surface area contributed by atoms with Gasteiger partial charge in [0, 0.05) is 6.54 Å². The van der Waals surface area contributed by atoms with Crippen molar-refractivity contribution in [2.45, 2.75) is 38.5 Å². The molecule has 0 bridgehead atoms. The number of carbonyl (C=O) groups excluding carboxylic acids is 3. The van der Waals surface area contributed by atoms with Crippen LogP contribution >= 0.6 is 0 Å². The van der Waals surface area contributed by atoms with E-state index < -0.39 is 36.6 Å². The molecule has 0 saturated carbocycles. The number of hydrogen-bond acceptors (Lipinski definition) is 6. The van der Waals surface area contributed by atoms with Gasteiger partial charge in [-0.15, -0.1) is 0 Å². The number of amides is 3. The molecule has 182 valence electrons. The van der Waals surface area contributed by atoms with Gasteiger partial charge in [0.05, 0.1) is 0 Å². The molecule has 0 aliphatic rings. The summed E-state index contributed by atoms with van der Waals surface area (Å²) in [5, 5.41) is 16.1. The Labute approximate surface area is 197 Å². The first kappa shape index (κ1) is 26.2. The summed E-state index contributed by atoms with van der Waals surface area (Å²) in [7, 11) is 0. The summed E-state index contributed by atoms with van der Waals surface area (Å²) in [6.07, 6.45) is -0.122. The molecule has 0 saturated heterocycles. The van der Waals surface area contributed by atoms with Gasteiger partial charge in [-0.2, -0.15) is 0 Å². The number of nitrogens with one attached hydrogen (secondary N) is 3. The first-order valence-corrected chi connectivity index (χ1v) is 10.9. The van der Waals surface area contributed by atoms with Gasteiger partial charge in [-0.25, -0.2) is 9.59 Å². The van der Waals surface area contributed by atoms with Crippen molar-refractivity contribution in [1.82, 2.24) is 16.0 Å². The predicted octanol–water partition coefficient (Wildman–Crippen LogP) is 2.58. The van der Waals surface area contributed by atoms with Gasteiger partial charge < -0.3 is 30.5 Å². The molecule has 2 aromatic carbocycles. The van der Waals surface area contributed by atoms with Gasteiger partial charge in [0.25, 0.3) is 0 Å². The van der Waals surface area contributed by atoms with Crippen LogP contribution in [0.5, 0.6) is 0 Å². The Morgan fingerprint density at radius 2 is 1.32 bits per heavy atom. The molecule has 2 rings (SSSR count). The summed E-state index contributed by atoms with van der Waals surface area (Å²) < 4.78 is 10.3. The van der Waals surface area contributed by atoms with Crippen molar-refractivity contribution < 1.29 is 33.8 Å². The van der Waals surface area contributed by atoms with E-state index in [2.05, 4.69) is 16.0 Å². The van der Waals surface area contributed by atoms with E-state index in [9.17, 15) is 19.2 Å². The smallest absolute Gasteiger partial charge is 0.408 e. The first-order valence-electron chi connectivity index (χ1n) is 10.9. The second kappa shape index (κ2) is 14.9. The van der Waals surface area contributed by atoms with Crippen LogP contribution in [0.3, 0.4) is 0 Å². The van der Waals surface area contributed by atoms with Gasteiger partial charge in [-0.3, -0.25) is 9.59 Å². The highest BCUT2D eigenvalue weighted by molar-refractivity contribution is 5.87. The molecule has 0 spiro atoms. The van der Waals surface area contributed by atoms with Gasteiger partial charge in [0.15, 0.2) is 0 Å². The summed E-state index contributed by atoms with van der Waals surface area (Å²) in [6.45, 7) is -0.0565. The average molecular weight is 472 g/mol. The third-order valence-corrected chi connectivity index (χ3v) is 4.64. The van der Waals surface area contributed by atoms with Crippen LogP contribution in [-0.2, 0) is 32.3 Å². The molecule has 0 aliphatic heterocycles. The topological polar surface area (TPSA) is 143 Å². The lowest BCUT2D eigenvalue weighted by atomic mass is 10.1. The molecule has 4 N–H and O–H groups in total. The average Bonchev–Trinajstić information content (AvgIpc) is 2.85. The molecule has 34 heavy (non-hydrogen) atoms. The van der Waals surface area contributed by atoms with Crippen molar-refractivity contribution in [2.75, 3.05) is 13.1 Å². The van der Waals surface area contributed by atoms with E-state index in [0.717, 1.165) is 11.1 Å². The Kier molecular flexibility index (Phi) is 11.5. The number of rotatable bonds is 13. The predicted molar refractivity (Wildman–Crippen MR) is 123 cm³/mol. The second-order valence-electron chi connectivity index (χ2n) is 7.35. The zero-order chi connectivity index (χ0) is 24.6. The molecule has 0 heterocycles.